The molecule has 2 aromatic carbocycles. The Balaban J connectivity index is 1.75. The van der Waals surface area contributed by atoms with Crippen molar-refractivity contribution in [2.45, 2.75) is 30.5 Å². The lowest BCUT2D eigenvalue weighted by atomic mass is 10.2. The molecule has 6 heteroatoms. The molecule has 0 N–H and O–H groups in total. The van der Waals surface area contributed by atoms with Gasteiger partial charge >= 0.3 is 0 Å². The quantitative estimate of drug-likeness (QED) is 0.376. The van der Waals surface area contributed by atoms with Gasteiger partial charge in [-0.3, -0.25) is 4.57 Å². The largest absolute Gasteiger partial charge is 0.483 e. The lowest BCUT2D eigenvalue weighted by Crippen LogP contribution is -2.12. The van der Waals surface area contributed by atoms with Crippen LogP contribution in [0.4, 0.5) is 0 Å². The molecular formula is C20H20ClN3OS. The Morgan fingerprint density at radius 3 is 2.73 bits per heavy atom. The number of nitrogens with zero attached hydrogens (tertiary/aromatic N) is 3. The van der Waals surface area contributed by atoms with Gasteiger partial charge in [-0.1, -0.05) is 59.8 Å². The van der Waals surface area contributed by atoms with Gasteiger partial charge in [0.25, 0.3) is 0 Å². The van der Waals surface area contributed by atoms with Gasteiger partial charge < -0.3 is 4.74 Å². The number of rotatable bonds is 8. The number of para-hydroxylation sites is 1. The molecule has 3 rings (SSSR count). The molecule has 1 aromatic heterocycles. The van der Waals surface area contributed by atoms with E-state index in [2.05, 4.69) is 22.8 Å². The molecule has 0 radical (unpaired) electrons. The van der Waals surface area contributed by atoms with Gasteiger partial charge in [-0.25, -0.2) is 0 Å². The summed E-state index contributed by atoms with van der Waals surface area (Å²) in [6, 6.07) is 17.6. The van der Waals surface area contributed by atoms with E-state index in [-0.39, 0.29) is 6.10 Å². The Labute approximate surface area is 162 Å². The maximum absolute atomic E-state index is 6.06. The molecule has 0 spiro atoms. The first kappa shape index (κ1) is 18.5. The third-order valence-corrected chi connectivity index (χ3v) is 5.01. The second-order valence-electron chi connectivity index (χ2n) is 5.73. The summed E-state index contributed by atoms with van der Waals surface area (Å²) in [5.41, 5.74) is 1.14. The van der Waals surface area contributed by atoms with Crippen molar-refractivity contribution in [3.8, 4) is 5.75 Å². The van der Waals surface area contributed by atoms with E-state index in [1.54, 1.807) is 11.8 Å². The van der Waals surface area contributed by atoms with Crippen LogP contribution in [0, 0.1) is 0 Å². The summed E-state index contributed by atoms with van der Waals surface area (Å²) < 4.78 is 8.03. The van der Waals surface area contributed by atoms with Crippen LogP contribution in [0.5, 0.6) is 5.75 Å². The van der Waals surface area contributed by atoms with Crippen LogP contribution in [0.1, 0.15) is 24.4 Å². The topological polar surface area (TPSA) is 39.9 Å². The highest BCUT2D eigenvalue weighted by Crippen LogP contribution is 2.27. The van der Waals surface area contributed by atoms with Gasteiger partial charge in [0.15, 0.2) is 17.1 Å². The summed E-state index contributed by atoms with van der Waals surface area (Å²) in [7, 11) is 0. The Kier molecular flexibility index (Phi) is 6.36. The lowest BCUT2D eigenvalue weighted by molar-refractivity contribution is 0.210. The van der Waals surface area contributed by atoms with E-state index in [0.717, 1.165) is 33.1 Å². The van der Waals surface area contributed by atoms with E-state index in [1.165, 1.54) is 0 Å². The highest BCUT2D eigenvalue weighted by molar-refractivity contribution is 7.98. The van der Waals surface area contributed by atoms with Crippen molar-refractivity contribution in [2.24, 2.45) is 0 Å². The van der Waals surface area contributed by atoms with Crippen molar-refractivity contribution in [1.82, 2.24) is 14.8 Å². The van der Waals surface area contributed by atoms with Crippen molar-refractivity contribution < 1.29 is 4.74 Å². The summed E-state index contributed by atoms with van der Waals surface area (Å²) in [5.74, 6) is 2.35. The van der Waals surface area contributed by atoms with E-state index in [9.17, 15) is 0 Å². The Bertz CT molecular complexity index is 867. The van der Waals surface area contributed by atoms with Gasteiger partial charge in [-0.2, -0.15) is 0 Å². The van der Waals surface area contributed by atoms with Crippen LogP contribution >= 0.6 is 23.4 Å². The molecule has 0 aliphatic carbocycles. The monoisotopic (exact) mass is 385 g/mol. The van der Waals surface area contributed by atoms with Crippen LogP contribution in [-0.4, -0.2) is 14.8 Å². The fourth-order valence-corrected chi connectivity index (χ4v) is 3.65. The minimum absolute atomic E-state index is 0.217. The third kappa shape index (κ3) is 4.68. The molecule has 0 bridgehead atoms. The van der Waals surface area contributed by atoms with Crippen molar-refractivity contribution in [2.75, 3.05) is 0 Å². The summed E-state index contributed by atoms with van der Waals surface area (Å²) in [4.78, 5) is 0. The summed E-state index contributed by atoms with van der Waals surface area (Å²) >= 11 is 7.68. The van der Waals surface area contributed by atoms with E-state index >= 15 is 0 Å². The van der Waals surface area contributed by atoms with E-state index < -0.39 is 0 Å². The Morgan fingerprint density at radius 1 is 1.19 bits per heavy atom. The summed E-state index contributed by atoms with van der Waals surface area (Å²) in [5, 5.41) is 10.3. The van der Waals surface area contributed by atoms with Gasteiger partial charge in [0.2, 0.25) is 0 Å². The van der Waals surface area contributed by atoms with Crippen LogP contribution in [0.25, 0.3) is 0 Å². The smallest absolute Gasteiger partial charge is 0.191 e. The van der Waals surface area contributed by atoms with Crippen molar-refractivity contribution in [3.63, 3.8) is 0 Å². The molecule has 3 aromatic rings. The van der Waals surface area contributed by atoms with Crippen LogP contribution in [-0.2, 0) is 12.3 Å². The molecule has 0 fully saturated rings. The van der Waals surface area contributed by atoms with Gasteiger partial charge in [-0.05, 0) is 36.8 Å². The number of hydrogen-bond acceptors (Lipinski definition) is 4. The lowest BCUT2D eigenvalue weighted by Gasteiger charge is -2.15. The highest BCUT2D eigenvalue weighted by Gasteiger charge is 2.19. The second-order valence-corrected chi connectivity index (χ2v) is 7.11. The van der Waals surface area contributed by atoms with Gasteiger partial charge in [0, 0.05) is 17.3 Å². The first-order valence-corrected chi connectivity index (χ1v) is 9.66. The zero-order valence-electron chi connectivity index (χ0n) is 14.5. The molecule has 1 atom stereocenters. The number of aromatic nitrogens is 3. The first-order valence-electron chi connectivity index (χ1n) is 8.30. The summed E-state index contributed by atoms with van der Waals surface area (Å²) in [6.07, 6.45) is 1.62. The van der Waals surface area contributed by atoms with Crippen molar-refractivity contribution in [1.29, 1.82) is 0 Å². The van der Waals surface area contributed by atoms with Gasteiger partial charge in [0.1, 0.15) is 5.75 Å². The third-order valence-electron chi connectivity index (χ3n) is 3.73. The zero-order valence-corrected chi connectivity index (χ0v) is 16.1. The highest BCUT2D eigenvalue weighted by atomic mass is 35.5. The maximum atomic E-state index is 6.06. The SMILES string of the molecule is C=CCn1c(SCc2cccc(Cl)c2)nnc1C(C)Oc1ccccc1. The van der Waals surface area contributed by atoms with Gasteiger partial charge in [-0.15, -0.1) is 16.8 Å². The maximum Gasteiger partial charge on any atom is 0.191 e. The molecule has 0 amide bonds. The minimum atomic E-state index is -0.217. The normalized spacial score (nSPS) is 11.9. The molecule has 134 valence electrons. The number of ether oxygens (including phenoxy) is 1. The molecule has 4 nitrogen and oxygen atoms in total. The minimum Gasteiger partial charge on any atom is -0.483 e. The summed E-state index contributed by atoms with van der Waals surface area (Å²) in [6.45, 7) is 6.45. The number of allylic oxidation sites excluding steroid dienone is 1. The number of thioether (sulfide) groups is 1. The standard InChI is InChI=1S/C20H20ClN3OS/c1-3-12-24-19(15(2)25-18-10-5-4-6-11-18)22-23-20(24)26-14-16-8-7-9-17(21)13-16/h3-11,13,15H,1,12,14H2,2H3. The van der Waals surface area contributed by atoms with Gasteiger partial charge in [0.05, 0.1) is 0 Å². The van der Waals surface area contributed by atoms with Crippen LogP contribution < -0.4 is 4.74 Å². The second kappa shape index (κ2) is 8.92. The number of benzene rings is 2. The Morgan fingerprint density at radius 2 is 2.00 bits per heavy atom. The predicted molar refractivity (Wildman–Crippen MR) is 107 cm³/mol. The molecule has 0 aliphatic heterocycles. The van der Waals surface area contributed by atoms with Crippen LogP contribution in [0.2, 0.25) is 5.02 Å². The first-order chi connectivity index (χ1) is 12.7. The average molecular weight is 386 g/mol. The van der Waals surface area contributed by atoms with E-state index in [0.29, 0.717) is 6.54 Å². The van der Waals surface area contributed by atoms with Crippen LogP contribution in [0.3, 0.4) is 0 Å². The fourth-order valence-electron chi connectivity index (χ4n) is 2.54. The predicted octanol–water partition coefficient (Wildman–Crippen LogP) is 5.55. The van der Waals surface area contributed by atoms with Crippen molar-refractivity contribution in [3.05, 3.63) is 83.7 Å². The van der Waals surface area contributed by atoms with Crippen molar-refractivity contribution >= 4 is 23.4 Å². The molecule has 26 heavy (non-hydrogen) atoms. The Hall–Kier alpha value is -2.24. The average Bonchev–Trinajstić information content (AvgIpc) is 3.04. The molecule has 1 unspecified atom stereocenters. The molecule has 0 aliphatic rings. The molecule has 0 saturated carbocycles. The van der Waals surface area contributed by atoms with E-state index in [4.69, 9.17) is 16.3 Å². The molecular weight excluding hydrogens is 366 g/mol. The molecule has 0 saturated heterocycles. The number of halogens is 1. The van der Waals surface area contributed by atoms with Crippen LogP contribution in [0.15, 0.2) is 72.4 Å². The number of hydrogen-bond donors (Lipinski definition) is 0. The molecule has 1 heterocycles. The zero-order chi connectivity index (χ0) is 18.4. The van der Waals surface area contributed by atoms with E-state index in [1.807, 2.05) is 66.1 Å². The fraction of sp³-hybridized carbons (Fsp3) is 0.200.